The number of hydrogen-bond donors (Lipinski definition) is 0. The average Bonchev–Trinajstić information content (AvgIpc) is 3.16. The van der Waals surface area contributed by atoms with Crippen LogP contribution in [0.4, 0.5) is 0 Å². The first-order chi connectivity index (χ1) is 12.6. The fourth-order valence-corrected chi connectivity index (χ4v) is 5.06. The molecule has 0 amide bonds. The number of aromatic nitrogens is 1. The van der Waals surface area contributed by atoms with Gasteiger partial charge < -0.3 is 9.30 Å². The lowest BCUT2D eigenvalue weighted by Gasteiger charge is -2.36. The van der Waals surface area contributed by atoms with Crippen LogP contribution in [-0.4, -0.2) is 30.9 Å². The largest absolute Gasteiger partial charge is 0.497 e. The first-order valence-electron chi connectivity index (χ1n) is 8.47. The third kappa shape index (κ3) is 2.81. The quantitative estimate of drug-likeness (QED) is 0.710. The highest BCUT2D eigenvalue weighted by Gasteiger charge is 2.37. The van der Waals surface area contributed by atoms with Gasteiger partial charge in [-0.25, -0.2) is 8.42 Å². The number of sulfonamides is 1. The fourth-order valence-electron chi connectivity index (χ4n) is 3.48. The number of fused-ring (bicyclic) bond motifs is 1. The van der Waals surface area contributed by atoms with Crippen LogP contribution in [0.5, 0.6) is 5.75 Å². The first-order valence-corrected chi connectivity index (χ1v) is 9.91. The van der Waals surface area contributed by atoms with Gasteiger partial charge in [0.1, 0.15) is 5.75 Å². The molecule has 2 aromatic carbocycles. The highest BCUT2D eigenvalue weighted by Crippen LogP contribution is 2.36. The Bertz CT molecular complexity index is 995. The molecule has 0 unspecified atom stereocenters. The monoisotopic (exact) mass is 368 g/mol. The van der Waals surface area contributed by atoms with Crippen LogP contribution in [-0.2, 0) is 16.6 Å². The van der Waals surface area contributed by atoms with Gasteiger partial charge in [0.05, 0.1) is 18.0 Å². The molecule has 0 spiro atoms. The van der Waals surface area contributed by atoms with Crippen molar-refractivity contribution >= 4 is 10.0 Å². The lowest BCUT2D eigenvalue weighted by atomic mass is 10.0. The Morgan fingerprint density at radius 1 is 0.923 bits per heavy atom. The van der Waals surface area contributed by atoms with Gasteiger partial charge in [0.2, 0.25) is 10.0 Å². The standard InChI is InChI=1S/C20H20N2O3S/c1-25-17-9-11-18(12-10-17)26(23,24)22-15-14-21-13-5-8-19(21)20(22)16-6-3-2-4-7-16/h2-13,20H,14-15H2,1H3/t20-/m1/s1. The van der Waals surface area contributed by atoms with Crippen molar-refractivity contribution in [2.24, 2.45) is 0 Å². The zero-order valence-electron chi connectivity index (χ0n) is 14.4. The van der Waals surface area contributed by atoms with Crippen LogP contribution >= 0.6 is 0 Å². The molecule has 0 radical (unpaired) electrons. The molecular formula is C20H20N2O3S. The Labute approximate surface area is 153 Å². The molecule has 6 heteroatoms. The highest BCUT2D eigenvalue weighted by molar-refractivity contribution is 7.89. The molecule has 134 valence electrons. The van der Waals surface area contributed by atoms with Gasteiger partial charge >= 0.3 is 0 Å². The van der Waals surface area contributed by atoms with Crippen LogP contribution in [0.25, 0.3) is 0 Å². The highest BCUT2D eigenvalue weighted by atomic mass is 32.2. The van der Waals surface area contributed by atoms with Gasteiger partial charge in [-0.05, 0) is 42.0 Å². The maximum Gasteiger partial charge on any atom is 0.244 e. The second-order valence-corrected chi connectivity index (χ2v) is 8.12. The summed E-state index contributed by atoms with van der Waals surface area (Å²) in [4.78, 5) is 0.277. The van der Waals surface area contributed by atoms with Crippen molar-refractivity contribution in [1.29, 1.82) is 0 Å². The average molecular weight is 368 g/mol. The SMILES string of the molecule is COc1ccc(S(=O)(=O)N2CCn3cccc3[C@H]2c2ccccc2)cc1. The minimum absolute atomic E-state index is 0.277. The number of ether oxygens (including phenoxy) is 1. The summed E-state index contributed by atoms with van der Waals surface area (Å²) in [6.07, 6.45) is 2.00. The molecule has 3 aromatic rings. The van der Waals surface area contributed by atoms with E-state index in [4.69, 9.17) is 4.74 Å². The smallest absolute Gasteiger partial charge is 0.244 e. The topological polar surface area (TPSA) is 51.5 Å². The summed E-state index contributed by atoms with van der Waals surface area (Å²) in [6, 6.07) is 19.9. The van der Waals surface area contributed by atoms with Gasteiger partial charge in [0.15, 0.2) is 0 Å². The predicted octanol–water partition coefficient (Wildman–Crippen LogP) is 3.29. The maximum atomic E-state index is 13.4. The minimum atomic E-state index is -3.64. The Hall–Kier alpha value is -2.57. The summed E-state index contributed by atoms with van der Waals surface area (Å²) in [5, 5.41) is 0. The normalized spacial score (nSPS) is 17.7. The molecule has 0 fully saturated rings. The number of methoxy groups -OCH3 is 1. The van der Waals surface area contributed by atoms with Crippen LogP contribution in [0, 0.1) is 0 Å². The van der Waals surface area contributed by atoms with E-state index in [1.54, 1.807) is 35.7 Å². The van der Waals surface area contributed by atoms with Crippen LogP contribution in [0.2, 0.25) is 0 Å². The number of benzene rings is 2. The van der Waals surface area contributed by atoms with E-state index in [9.17, 15) is 8.42 Å². The molecule has 1 aliphatic heterocycles. The van der Waals surface area contributed by atoms with Gasteiger partial charge in [-0.3, -0.25) is 0 Å². The molecule has 2 heterocycles. The molecule has 0 saturated heterocycles. The van der Waals surface area contributed by atoms with Gasteiger partial charge in [0, 0.05) is 25.0 Å². The molecule has 26 heavy (non-hydrogen) atoms. The molecule has 0 saturated carbocycles. The summed E-state index contributed by atoms with van der Waals surface area (Å²) in [6.45, 7) is 1.07. The van der Waals surface area contributed by atoms with Crippen molar-refractivity contribution in [1.82, 2.24) is 8.87 Å². The lowest BCUT2D eigenvalue weighted by Crippen LogP contribution is -2.42. The van der Waals surface area contributed by atoms with Crippen molar-refractivity contribution < 1.29 is 13.2 Å². The fraction of sp³-hybridized carbons (Fsp3) is 0.200. The van der Waals surface area contributed by atoms with E-state index < -0.39 is 10.0 Å². The van der Waals surface area contributed by atoms with Crippen molar-refractivity contribution in [3.63, 3.8) is 0 Å². The third-order valence-corrected chi connectivity index (χ3v) is 6.65. The minimum Gasteiger partial charge on any atom is -0.497 e. The second-order valence-electron chi connectivity index (χ2n) is 6.23. The number of hydrogen-bond acceptors (Lipinski definition) is 3. The summed E-state index contributed by atoms with van der Waals surface area (Å²) in [5.74, 6) is 0.635. The van der Waals surface area contributed by atoms with Crippen LogP contribution in [0.1, 0.15) is 17.3 Å². The van der Waals surface area contributed by atoms with E-state index in [0.29, 0.717) is 18.8 Å². The van der Waals surface area contributed by atoms with Crippen molar-refractivity contribution in [2.45, 2.75) is 17.5 Å². The van der Waals surface area contributed by atoms with Gasteiger partial charge in [-0.15, -0.1) is 0 Å². The van der Waals surface area contributed by atoms with E-state index in [-0.39, 0.29) is 10.9 Å². The summed E-state index contributed by atoms with van der Waals surface area (Å²) < 4.78 is 35.6. The van der Waals surface area contributed by atoms with Crippen LogP contribution in [0.15, 0.2) is 77.8 Å². The lowest BCUT2D eigenvalue weighted by molar-refractivity contribution is 0.298. The predicted molar refractivity (Wildman–Crippen MR) is 99.6 cm³/mol. The Morgan fingerprint density at radius 3 is 2.35 bits per heavy atom. The van der Waals surface area contributed by atoms with Crippen molar-refractivity contribution in [3.8, 4) is 5.75 Å². The molecular weight excluding hydrogens is 348 g/mol. The molecule has 4 rings (SSSR count). The van der Waals surface area contributed by atoms with E-state index in [2.05, 4.69) is 4.57 Å². The Balaban J connectivity index is 1.81. The first kappa shape index (κ1) is 16.9. The van der Waals surface area contributed by atoms with Crippen LogP contribution < -0.4 is 4.74 Å². The van der Waals surface area contributed by atoms with Crippen LogP contribution in [0.3, 0.4) is 0 Å². The molecule has 5 nitrogen and oxygen atoms in total. The number of rotatable bonds is 4. The summed E-state index contributed by atoms with van der Waals surface area (Å²) in [5.41, 5.74) is 1.95. The van der Waals surface area contributed by atoms with E-state index >= 15 is 0 Å². The molecule has 1 aliphatic rings. The van der Waals surface area contributed by atoms with E-state index in [1.807, 2.05) is 48.7 Å². The van der Waals surface area contributed by atoms with Crippen molar-refractivity contribution in [3.05, 3.63) is 84.2 Å². The maximum absolute atomic E-state index is 13.4. The zero-order chi connectivity index (χ0) is 18.1. The molecule has 0 aliphatic carbocycles. The van der Waals surface area contributed by atoms with Gasteiger partial charge in [0.25, 0.3) is 0 Å². The molecule has 1 aromatic heterocycles. The van der Waals surface area contributed by atoms with E-state index in [1.165, 1.54) is 0 Å². The summed E-state index contributed by atoms with van der Waals surface area (Å²) >= 11 is 0. The summed E-state index contributed by atoms with van der Waals surface area (Å²) in [7, 11) is -2.08. The zero-order valence-corrected chi connectivity index (χ0v) is 15.3. The van der Waals surface area contributed by atoms with E-state index in [0.717, 1.165) is 11.3 Å². The number of nitrogens with zero attached hydrogens (tertiary/aromatic N) is 2. The molecule has 0 N–H and O–H groups in total. The molecule has 0 bridgehead atoms. The second kappa shape index (κ2) is 6.63. The third-order valence-electron chi connectivity index (χ3n) is 4.78. The van der Waals surface area contributed by atoms with Crippen molar-refractivity contribution in [2.75, 3.05) is 13.7 Å². The molecule has 1 atom stereocenters. The Kier molecular flexibility index (Phi) is 4.30. The Morgan fingerprint density at radius 2 is 1.65 bits per heavy atom. The van der Waals surface area contributed by atoms with Gasteiger partial charge in [-0.2, -0.15) is 4.31 Å². The van der Waals surface area contributed by atoms with Gasteiger partial charge in [-0.1, -0.05) is 30.3 Å².